The number of nitrogens with zero attached hydrogens (tertiary/aromatic N) is 1. The topological polar surface area (TPSA) is 69.2 Å². The van der Waals surface area contributed by atoms with Gasteiger partial charge >= 0.3 is 0 Å². The van der Waals surface area contributed by atoms with Gasteiger partial charge in [0, 0.05) is 5.02 Å². The Hall–Kier alpha value is -2.44. The molecule has 0 saturated heterocycles. The van der Waals surface area contributed by atoms with E-state index in [9.17, 15) is 4.79 Å². The van der Waals surface area contributed by atoms with Crippen molar-refractivity contribution in [3.05, 3.63) is 52.0 Å². The van der Waals surface area contributed by atoms with E-state index in [0.29, 0.717) is 27.3 Å². The first-order valence-corrected chi connectivity index (χ1v) is 8.37. The van der Waals surface area contributed by atoms with Crippen molar-refractivity contribution >= 4 is 35.3 Å². The third-order valence-corrected chi connectivity index (χ3v) is 3.89. The molecule has 0 aliphatic heterocycles. The molecule has 0 heterocycles. The fourth-order valence-corrected chi connectivity index (χ4v) is 2.46. The number of methoxy groups -OCH3 is 2. The van der Waals surface area contributed by atoms with Crippen molar-refractivity contribution in [1.82, 2.24) is 5.43 Å². The molecule has 0 saturated carbocycles. The molecule has 0 radical (unpaired) electrons. The van der Waals surface area contributed by atoms with Crippen LogP contribution in [0.1, 0.15) is 12.5 Å². The molecule has 0 aliphatic carbocycles. The van der Waals surface area contributed by atoms with E-state index in [1.807, 2.05) is 0 Å². The van der Waals surface area contributed by atoms with Crippen LogP contribution in [0.2, 0.25) is 10.0 Å². The van der Waals surface area contributed by atoms with Gasteiger partial charge in [0.2, 0.25) is 0 Å². The van der Waals surface area contributed by atoms with Gasteiger partial charge in [-0.3, -0.25) is 4.79 Å². The molecule has 0 aliphatic rings. The molecule has 2 aromatic rings. The standard InChI is InChI=1S/C18H18Cl2N2O4/c1-11(26-15-7-5-13(19)9-14(15)20)18(23)22-21-10-12-4-6-16(24-2)17(8-12)25-3/h4-11H,1-3H3,(H,22,23). The Morgan fingerprint density at radius 3 is 2.42 bits per heavy atom. The molecule has 0 spiro atoms. The van der Waals surface area contributed by atoms with E-state index >= 15 is 0 Å². The lowest BCUT2D eigenvalue weighted by molar-refractivity contribution is -0.127. The van der Waals surface area contributed by atoms with Gasteiger partial charge in [0.15, 0.2) is 17.6 Å². The van der Waals surface area contributed by atoms with Gasteiger partial charge in [0.25, 0.3) is 5.91 Å². The zero-order valence-electron chi connectivity index (χ0n) is 14.5. The molecule has 1 atom stereocenters. The predicted molar refractivity (Wildman–Crippen MR) is 102 cm³/mol. The van der Waals surface area contributed by atoms with Gasteiger partial charge < -0.3 is 14.2 Å². The molecule has 1 unspecified atom stereocenters. The van der Waals surface area contributed by atoms with Crippen LogP contribution in [0, 0.1) is 0 Å². The Bertz CT molecular complexity index is 812. The van der Waals surface area contributed by atoms with Gasteiger partial charge in [0.1, 0.15) is 5.75 Å². The van der Waals surface area contributed by atoms with Crippen molar-refractivity contribution in [2.45, 2.75) is 13.0 Å². The Balaban J connectivity index is 1.95. The van der Waals surface area contributed by atoms with Crippen molar-refractivity contribution in [2.75, 3.05) is 14.2 Å². The minimum atomic E-state index is -0.795. The quantitative estimate of drug-likeness (QED) is 0.568. The minimum absolute atomic E-state index is 0.325. The second kappa shape index (κ2) is 9.31. The van der Waals surface area contributed by atoms with E-state index in [1.54, 1.807) is 51.5 Å². The first-order valence-electron chi connectivity index (χ1n) is 7.61. The third-order valence-electron chi connectivity index (χ3n) is 3.36. The van der Waals surface area contributed by atoms with E-state index < -0.39 is 12.0 Å². The maximum atomic E-state index is 12.1. The summed E-state index contributed by atoms with van der Waals surface area (Å²) in [5.74, 6) is 1.11. The van der Waals surface area contributed by atoms with Crippen LogP contribution < -0.4 is 19.6 Å². The van der Waals surface area contributed by atoms with Crippen LogP contribution in [0.15, 0.2) is 41.5 Å². The summed E-state index contributed by atoms with van der Waals surface area (Å²) in [6, 6.07) is 10.0. The normalized spacial score (nSPS) is 11.9. The maximum absolute atomic E-state index is 12.1. The lowest BCUT2D eigenvalue weighted by atomic mass is 10.2. The van der Waals surface area contributed by atoms with E-state index in [0.717, 1.165) is 5.56 Å². The number of rotatable bonds is 7. The number of amides is 1. The van der Waals surface area contributed by atoms with Crippen LogP contribution in [0.5, 0.6) is 17.2 Å². The summed E-state index contributed by atoms with van der Waals surface area (Å²) >= 11 is 11.9. The van der Waals surface area contributed by atoms with Crippen molar-refractivity contribution in [2.24, 2.45) is 5.10 Å². The molecule has 138 valence electrons. The second-order valence-electron chi connectivity index (χ2n) is 5.18. The summed E-state index contributed by atoms with van der Waals surface area (Å²) in [5.41, 5.74) is 3.15. The summed E-state index contributed by atoms with van der Waals surface area (Å²) in [4.78, 5) is 12.1. The molecule has 1 N–H and O–H groups in total. The first-order chi connectivity index (χ1) is 12.4. The largest absolute Gasteiger partial charge is 0.493 e. The fraction of sp³-hybridized carbons (Fsp3) is 0.222. The monoisotopic (exact) mass is 396 g/mol. The van der Waals surface area contributed by atoms with E-state index in [-0.39, 0.29) is 0 Å². The molecular formula is C18H18Cl2N2O4. The zero-order chi connectivity index (χ0) is 19.1. The number of nitrogens with one attached hydrogen (secondary N) is 1. The summed E-state index contributed by atoms with van der Waals surface area (Å²) in [7, 11) is 3.10. The van der Waals surface area contributed by atoms with Gasteiger partial charge in [-0.15, -0.1) is 0 Å². The highest BCUT2D eigenvalue weighted by atomic mass is 35.5. The number of carbonyl (C=O) groups excluding carboxylic acids is 1. The lowest BCUT2D eigenvalue weighted by Crippen LogP contribution is -2.33. The number of ether oxygens (including phenoxy) is 3. The zero-order valence-corrected chi connectivity index (χ0v) is 16.0. The molecule has 1 amide bonds. The molecule has 2 rings (SSSR count). The number of hydrogen-bond acceptors (Lipinski definition) is 5. The second-order valence-corrected chi connectivity index (χ2v) is 6.03. The number of hydrogen-bond donors (Lipinski definition) is 1. The highest BCUT2D eigenvalue weighted by Crippen LogP contribution is 2.28. The van der Waals surface area contributed by atoms with Gasteiger partial charge in [-0.1, -0.05) is 23.2 Å². The van der Waals surface area contributed by atoms with Gasteiger partial charge in [-0.25, -0.2) is 5.43 Å². The third kappa shape index (κ3) is 5.28. The van der Waals surface area contributed by atoms with Gasteiger partial charge in [-0.2, -0.15) is 5.10 Å². The molecule has 2 aromatic carbocycles. The van der Waals surface area contributed by atoms with Crippen LogP contribution in [-0.4, -0.2) is 32.4 Å². The summed E-state index contributed by atoms with van der Waals surface area (Å²) in [6.45, 7) is 1.59. The summed E-state index contributed by atoms with van der Waals surface area (Å²) in [5, 5.41) is 4.73. The average molecular weight is 397 g/mol. The predicted octanol–water partition coefficient (Wildman–Crippen LogP) is 3.93. The van der Waals surface area contributed by atoms with Crippen LogP contribution >= 0.6 is 23.2 Å². The molecule has 8 heteroatoms. The number of benzene rings is 2. The molecule has 26 heavy (non-hydrogen) atoms. The number of hydrazone groups is 1. The van der Waals surface area contributed by atoms with Gasteiger partial charge in [-0.05, 0) is 48.9 Å². The van der Waals surface area contributed by atoms with Crippen molar-refractivity contribution in [1.29, 1.82) is 0 Å². The fourth-order valence-electron chi connectivity index (χ4n) is 2.01. The molecule has 0 aromatic heterocycles. The Labute approximate surface area is 161 Å². The number of halogens is 2. The molecule has 0 fully saturated rings. The lowest BCUT2D eigenvalue weighted by Gasteiger charge is -2.14. The summed E-state index contributed by atoms with van der Waals surface area (Å²) in [6.07, 6.45) is 0.693. The minimum Gasteiger partial charge on any atom is -0.493 e. The maximum Gasteiger partial charge on any atom is 0.280 e. The van der Waals surface area contributed by atoms with Gasteiger partial charge in [0.05, 0.1) is 25.5 Å². The molecular weight excluding hydrogens is 379 g/mol. The van der Waals surface area contributed by atoms with Crippen LogP contribution in [0.4, 0.5) is 0 Å². The average Bonchev–Trinajstić information content (AvgIpc) is 2.63. The Kier molecular flexibility index (Phi) is 7.12. The van der Waals surface area contributed by atoms with E-state index in [4.69, 9.17) is 37.4 Å². The highest BCUT2D eigenvalue weighted by Gasteiger charge is 2.15. The summed E-state index contributed by atoms with van der Waals surface area (Å²) < 4.78 is 15.9. The Morgan fingerprint density at radius 1 is 1.08 bits per heavy atom. The molecule has 6 nitrogen and oxygen atoms in total. The van der Waals surface area contributed by atoms with E-state index in [2.05, 4.69) is 10.5 Å². The van der Waals surface area contributed by atoms with Crippen molar-refractivity contribution in [3.8, 4) is 17.2 Å². The van der Waals surface area contributed by atoms with Crippen LogP contribution in [0.25, 0.3) is 0 Å². The highest BCUT2D eigenvalue weighted by molar-refractivity contribution is 6.35. The van der Waals surface area contributed by atoms with Crippen LogP contribution in [0.3, 0.4) is 0 Å². The number of carbonyl (C=O) groups is 1. The van der Waals surface area contributed by atoms with Crippen LogP contribution in [-0.2, 0) is 4.79 Å². The van der Waals surface area contributed by atoms with E-state index in [1.165, 1.54) is 12.3 Å². The molecule has 0 bridgehead atoms. The SMILES string of the molecule is COc1ccc(C=NNC(=O)C(C)Oc2ccc(Cl)cc2Cl)cc1OC. The Morgan fingerprint density at radius 2 is 1.77 bits per heavy atom. The van der Waals surface area contributed by atoms with Crippen molar-refractivity contribution < 1.29 is 19.0 Å². The first kappa shape index (κ1) is 19.9. The smallest absolute Gasteiger partial charge is 0.280 e. The van der Waals surface area contributed by atoms with Crippen molar-refractivity contribution in [3.63, 3.8) is 0 Å².